The Morgan fingerprint density at radius 3 is 2.20 bits per heavy atom. The molecule has 0 fully saturated rings. The van der Waals surface area contributed by atoms with Gasteiger partial charge in [0.2, 0.25) is 0 Å². The van der Waals surface area contributed by atoms with Gasteiger partial charge in [-0.3, -0.25) is 0 Å². The molecule has 0 aliphatic heterocycles. The van der Waals surface area contributed by atoms with E-state index in [4.69, 9.17) is 9.47 Å². The van der Waals surface area contributed by atoms with Crippen LogP contribution in [0.5, 0.6) is 5.75 Å². The third-order valence-electron chi connectivity index (χ3n) is 5.55. The summed E-state index contributed by atoms with van der Waals surface area (Å²) in [5.41, 5.74) is 5.87. The van der Waals surface area contributed by atoms with Crippen molar-refractivity contribution in [2.75, 3.05) is 13.9 Å². The summed E-state index contributed by atoms with van der Waals surface area (Å²) in [6.07, 6.45) is 2.12. The average Bonchev–Trinajstić information content (AvgIpc) is 2.67. The van der Waals surface area contributed by atoms with Gasteiger partial charge in [-0.25, -0.2) is 0 Å². The van der Waals surface area contributed by atoms with E-state index >= 15 is 0 Å². The van der Waals surface area contributed by atoms with E-state index in [1.807, 2.05) is 0 Å². The molecule has 0 amide bonds. The minimum Gasteiger partial charge on any atom is -0.467 e. The molecule has 166 valence electrons. The largest absolute Gasteiger partial charge is 0.467 e. The lowest BCUT2D eigenvalue weighted by molar-refractivity contribution is 0.0486. The molecular weight excluding hydrogens is 391 g/mol. The Hall–Kier alpha value is -1.41. The van der Waals surface area contributed by atoms with E-state index in [1.54, 1.807) is 7.11 Å². The van der Waals surface area contributed by atoms with Crippen LogP contribution in [0.3, 0.4) is 0 Å². The Bertz CT molecular complexity index is 854. The van der Waals surface area contributed by atoms with Gasteiger partial charge in [-0.15, -0.1) is 0 Å². The highest BCUT2D eigenvalue weighted by atomic mass is 31.1. The fourth-order valence-electron chi connectivity index (χ4n) is 4.05. The predicted molar refractivity (Wildman–Crippen MR) is 130 cm³/mol. The van der Waals surface area contributed by atoms with Gasteiger partial charge in [0.05, 0.1) is 6.61 Å². The van der Waals surface area contributed by atoms with Gasteiger partial charge in [-0.05, 0) is 36.6 Å². The number of aryl methyl sites for hydroxylation is 2. The minimum absolute atomic E-state index is 0.0415. The second-order valence-corrected chi connectivity index (χ2v) is 11.4. The first-order chi connectivity index (χ1) is 14.1. The number of rotatable bonds is 9. The summed E-state index contributed by atoms with van der Waals surface area (Å²) in [7, 11) is 2.20. The number of hydrogen-bond acceptors (Lipinski definition) is 3. The highest BCUT2D eigenvalue weighted by Crippen LogP contribution is 2.51. The first-order valence-corrected chi connectivity index (χ1v) is 11.8. The fourth-order valence-corrected chi connectivity index (χ4v) is 5.82. The van der Waals surface area contributed by atoms with Crippen molar-refractivity contribution >= 4 is 13.9 Å². The second-order valence-electron chi connectivity index (χ2n) is 9.52. The number of ether oxygens (including phenoxy) is 2. The lowest BCUT2D eigenvalue weighted by atomic mass is 9.81. The summed E-state index contributed by atoms with van der Waals surface area (Å²) in [6, 6.07) is 11.0. The first-order valence-electron chi connectivity index (χ1n) is 10.8. The van der Waals surface area contributed by atoms with Gasteiger partial charge in [-0.2, -0.15) is 0 Å². The zero-order chi connectivity index (χ0) is 22.5. The number of aliphatic hydroxyl groups is 1. The monoisotopic (exact) mass is 430 g/mol. The van der Waals surface area contributed by atoms with Crippen molar-refractivity contribution in [1.29, 1.82) is 0 Å². The summed E-state index contributed by atoms with van der Waals surface area (Å²) in [5, 5.41) is 11.1. The topological polar surface area (TPSA) is 38.7 Å². The maximum Gasteiger partial charge on any atom is 0.188 e. The molecule has 0 saturated heterocycles. The van der Waals surface area contributed by atoms with Crippen molar-refractivity contribution in [1.82, 2.24) is 0 Å². The SMILES string of the molecule is CCCC(C)(Pc1ccc(C)cc1CO)c1cc(C)cc(C(C)(C)C)c1OCOC. The first kappa shape index (κ1) is 24.9. The van der Waals surface area contributed by atoms with E-state index in [-0.39, 0.29) is 24.0 Å². The summed E-state index contributed by atoms with van der Waals surface area (Å²) in [6.45, 7) is 15.8. The molecule has 2 aromatic carbocycles. The summed E-state index contributed by atoms with van der Waals surface area (Å²) < 4.78 is 11.5. The zero-order valence-corrected chi connectivity index (χ0v) is 21.0. The van der Waals surface area contributed by atoms with Gasteiger partial charge < -0.3 is 14.6 Å². The Balaban J connectivity index is 2.69. The van der Waals surface area contributed by atoms with Crippen LogP contribution in [0.4, 0.5) is 0 Å². The lowest BCUT2D eigenvalue weighted by Gasteiger charge is -2.35. The molecule has 0 heterocycles. The van der Waals surface area contributed by atoms with Crippen molar-refractivity contribution in [2.24, 2.45) is 0 Å². The molecule has 2 atom stereocenters. The van der Waals surface area contributed by atoms with Crippen LogP contribution < -0.4 is 10.0 Å². The van der Waals surface area contributed by atoms with E-state index in [9.17, 15) is 5.11 Å². The molecule has 30 heavy (non-hydrogen) atoms. The van der Waals surface area contributed by atoms with Crippen molar-refractivity contribution < 1.29 is 14.6 Å². The number of hydrogen-bond donors (Lipinski definition) is 1. The van der Waals surface area contributed by atoms with Crippen LogP contribution in [0.1, 0.15) is 75.3 Å². The van der Waals surface area contributed by atoms with Gasteiger partial charge in [0.15, 0.2) is 6.79 Å². The van der Waals surface area contributed by atoms with Gasteiger partial charge in [0.1, 0.15) is 5.75 Å². The molecule has 3 nitrogen and oxygen atoms in total. The van der Waals surface area contributed by atoms with Crippen LogP contribution in [0.25, 0.3) is 0 Å². The van der Waals surface area contributed by atoms with E-state index < -0.39 is 0 Å². The molecule has 1 N–H and O–H groups in total. The van der Waals surface area contributed by atoms with Crippen molar-refractivity contribution in [2.45, 2.75) is 78.5 Å². The smallest absolute Gasteiger partial charge is 0.188 e. The highest BCUT2D eigenvalue weighted by molar-refractivity contribution is 7.48. The molecule has 2 rings (SSSR count). The van der Waals surface area contributed by atoms with Gasteiger partial charge >= 0.3 is 0 Å². The molecule has 0 bridgehead atoms. The highest BCUT2D eigenvalue weighted by Gasteiger charge is 2.34. The van der Waals surface area contributed by atoms with Crippen LogP contribution in [0.2, 0.25) is 0 Å². The zero-order valence-electron chi connectivity index (χ0n) is 20.0. The molecule has 0 spiro atoms. The Kier molecular flexibility index (Phi) is 8.51. The van der Waals surface area contributed by atoms with Crippen molar-refractivity contribution in [3.63, 3.8) is 0 Å². The third kappa shape index (κ3) is 5.84. The van der Waals surface area contributed by atoms with Crippen LogP contribution in [0, 0.1) is 13.8 Å². The fraction of sp³-hybridized carbons (Fsp3) is 0.538. The summed E-state index contributed by atoms with van der Waals surface area (Å²) >= 11 is 0. The molecule has 0 radical (unpaired) electrons. The Morgan fingerprint density at radius 2 is 1.63 bits per heavy atom. The standard InChI is InChI=1S/C26H39O3P/c1-9-12-26(7,30-23-11-10-18(2)13-20(23)16-27)22-15-19(3)14-21(25(4,5)6)24(22)29-17-28-8/h10-11,13-15,27,30H,9,12,16-17H2,1-8H3. The van der Waals surface area contributed by atoms with E-state index in [0.29, 0.717) is 8.58 Å². The van der Waals surface area contributed by atoms with Crippen LogP contribution in [-0.4, -0.2) is 19.0 Å². The Morgan fingerprint density at radius 1 is 0.967 bits per heavy atom. The quantitative estimate of drug-likeness (QED) is 0.386. The van der Waals surface area contributed by atoms with E-state index in [0.717, 1.165) is 24.2 Å². The number of benzene rings is 2. The molecule has 0 aromatic heterocycles. The maximum absolute atomic E-state index is 9.97. The van der Waals surface area contributed by atoms with E-state index in [2.05, 4.69) is 78.8 Å². The molecule has 0 aliphatic rings. The van der Waals surface area contributed by atoms with Gasteiger partial charge in [0, 0.05) is 23.4 Å². The lowest BCUT2D eigenvalue weighted by Crippen LogP contribution is -2.25. The molecule has 0 saturated carbocycles. The van der Waals surface area contributed by atoms with Crippen LogP contribution in [0.15, 0.2) is 30.3 Å². The van der Waals surface area contributed by atoms with Crippen LogP contribution >= 0.6 is 8.58 Å². The normalized spacial score (nSPS) is 14.3. The van der Waals surface area contributed by atoms with Crippen molar-refractivity contribution in [3.05, 3.63) is 58.1 Å². The molecule has 2 aromatic rings. The molecule has 0 aliphatic carbocycles. The molecular formula is C26H39O3P. The molecule has 2 unspecified atom stereocenters. The van der Waals surface area contributed by atoms with Crippen molar-refractivity contribution in [3.8, 4) is 5.75 Å². The van der Waals surface area contributed by atoms with Gasteiger partial charge in [0.25, 0.3) is 0 Å². The second kappa shape index (κ2) is 10.3. The number of methoxy groups -OCH3 is 1. The predicted octanol–water partition coefficient (Wildman–Crippen LogP) is 6.10. The minimum atomic E-state index is -0.0942. The number of aliphatic hydroxyl groups excluding tert-OH is 1. The maximum atomic E-state index is 9.97. The van der Waals surface area contributed by atoms with Crippen LogP contribution in [-0.2, 0) is 21.9 Å². The average molecular weight is 431 g/mol. The van der Waals surface area contributed by atoms with Gasteiger partial charge in [-0.1, -0.05) is 91.1 Å². The third-order valence-corrected chi connectivity index (χ3v) is 7.38. The van der Waals surface area contributed by atoms with E-state index in [1.165, 1.54) is 27.6 Å². The Labute approximate surface area is 185 Å². The summed E-state index contributed by atoms with van der Waals surface area (Å²) in [5.74, 6) is 0.955. The summed E-state index contributed by atoms with van der Waals surface area (Å²) in [4.78, 5) is 0. The molecule has 4 heteroatoms.